The van der Waals surface area contributed by atoms with Gasteiger partial charge in [-0.05, 0) is 57.9 Å². The molecular weight excluding hydrogens is 514 g/mol. The molecule has 4 heteroatoms. The van der Waals surface area contributed by atoms with Gasteiger partial charge in [-0.25, -0.2) is 4.98 Å². The van der Waals surface area contributed by atoms with Crippen molar-refractivity contribution in [2.24, 2.45) is 0 Å². The molecule has 0 radical (unpaired) electrons. The fraction of sp³-hybridized carbons (Fsp3) is 0. The second kappa shape index (κ2) is 9.72. The van der Waals surface area contributed by atoms with Gasteiger partial charge in [0.25, 0.3) is 5.91 Å². The summed E-state index contributed by atoms with van der Waals surface area (Å²) < 4.78 is 2.25. The van der Waals surface area contributed by atoms with Gasteiger partial charge in [0.1, 0.15) is 5.82 Å². The Morgan fingerprint density at radius 2 is 1.14 bits per heavy atom. The second-order valence-corrected chi connectivity index (χ2v) is 10.5. The number of carbonyl (C=O) groups is 1. The molecule has 7 aromatic carbocycles. The highest BCUT2D eigenvalue weighted by atomic mass is 16.1. The zero-order valence-electron chi connectivity index (χ0n) is 22.7. The lowest BCUT2D eigenvalue weighted by atomic mass is 10.00. The summed E-state index contributed by atoms with van der Waals surface area (Å²) in [5.41, 5.74) is 5.37. The summed E-state index contributed by atoms with van der Waals surface area (Å²) in [6, 6.07) is 49.1. The average Bonchev–Trinajstić information content (AvgIpc) is 3.46. The maximum absolute atomic E-state index is 13.1. The lowest BCUT2D eigenvalue weighted by molar-refractivity contribution is 0.102. The number of para-hydroxylation sites is 1. The van der Waals surface area contributed by atoms with Crippen molar-refractivity contribution >= 4 is 54.9 Å². The quantitative estimate of drug-likeness (QED) is 0.227. The molecule has 0 bridgehead atoms. The molecule has 0 aliphatic rings. The number of aromatic nitrogens is 2. The highest BCUT2D eigenvalue weighted by molar-refractivity contribution is 6.24. The number of nitrogens with one attached hydrogen (secondary N) is 1. The molecule has 1 heterocycles. The molecule has 4 nitrogen and oxygen atoms in total. The summed E-state index contributed by atoms with van der Waals surface area (Å²) in [6.45, 7) is 0. The standard InChI is InChI=1S/C38H25N3O/c42-38(39-27-13-2-1-3-14-27)26-21-23-28(24-22-26)41-36-33-19-9-7-17-31(33)30-16-6-8-18-32(30)35(36)40-37(41)34-20-10-12-25-11-4-5-15-29(25)34/h1-24H,(H,39,42). The number of carbonyl (C=O) groups excluding carboxylic acids is 1. The third kappa shape index (κ3) is 3.85. The summed E-state index contributed by atoms with van der Waals surface area (Å²) in [4.78, 5) is 18.4. The third-order valence-electron chi connectivity index (χ3n) is 7.98. The minimum absolute atomic E-state index is 0.144. The molecule has 198 valence electrons. The van der Waals surface area contributed by atoms with Crippen molar-refractivity contribution in [1.82, 2.24) is 9.55 Å². The Kier molecular flexibility index (Phi) is 5.57. The van der Waals surface area contributed by atoms with Crippen molar-refractivity contribution < 1.29 is 4.79 Å². The minimum Gasteiger partial charge on any atom is -0.322 e. The Labute approximate surface area is 242 Å². The fourth-order valence-electron chi connectivity index (χ4n) is 6.04. The van der Waals surface area contributed by atoms with Crippen LogP contribution < -0.4 is 5.32 Å². The van der Waals surface area contributed by atoms with Gasteiger partial charge in [-0.2, -0.15) is 0 Å². The van der Waals surface area contributed by atoms with E-state index in [1.165, 1.54) is 10.8 Å². The lowest BCUT2D eigenvalue weighted by Gasteiger charge is -2.14. The molecule has 0 aliphatic heterocycles. The number of imidazole rings is 1. The van der Waals surface area contributed by atoms with Gasteiger partial charge in [-0.3, -0.25) is 9.36 Å². The maximum Gasteiger partial charge on any atom is 0.255 e. The Hall–Kier alpha value is -5.74. The molecule has 0 saturated carbocycles. The first kappa shape index (κ1) is 24.1. The first-order valence-corrected chi connectivity index (χ1v) is 14.0. The first-order chi connectivity index (χ1) is 20.8. The van der Waals surface area contributed by atoms with E-state index in [0.717, 1.165) is 55.3 Å². The van der Waals surface area contributed by atoms with E-state index in [9.17, 15) is 4.79 Å². The first-order valence-electron chi connectivity index (χ1n) is 14.0. The van der Waals surface area contributed by atoms with E-state index < -0.39 is 0 Å². The molecule has 1 amide bonds. The van der Waals surface area contributed by atoms with E-state index in [-0.39, 0.29) is 5.91 Å². The van der Waals surface area contributed by atoms with Gasteiger partial charge in [-0.1, -0.05) is 109 Å². The third-order valence-corrected chi connectivity index (χ3v) is 7.98. The van der Waals surface area contributed by atoms with E-state index in [1.54, 1.807) is 0 Å². The topological polar surface area (TPSA) is 46.9 Å². The van der Waals surface area contributed by atoms with Crippen molar-refractivity contribution in [3.63, 3.8) is 0 Å². The van der Waals surface area contributed by atoms with Crippen molar-refractivity contribution in [1.29, 1.82) is 0 Å². The zero-order chi connectivity index (χ0) is 28.0. The molecule has 0 fully saturated rings. The van der Waals surface area contributed by atoms with Gasteiger partial charge in [-0.15, -0.1) is 0 Å². The van der Waals surface area contributed by atoms with Crippen molar-refractivity contribution in [3.8, 4) is 17.1 Å². The molecule has 1 aromatic heterocycles. The van der Waals surface area contributed by atoms with Crippen LogP contribution >= 0.6 is 0 Å². The summed E-state index contributed by atoms with van der Waals surface area (Å²) >= 11 is 0. The number of rotatable bonds is 4. The number of nitrogens with zero attached hydrogens (tertiary/aromatic N) is 2. The van der Waals surface area contributed by atoms with Crippen LogP contribution in [0.1, 0.15) is 10.4 Å². The van der Waals surface area contributed by atoms with Crippen LogP contribution in [0.15, 0.2) is 146 Å². The summed E-state index contributed by atoms with van der Waals surface area (Å²) in [5, 5.41) is 9.91. The SMILES string of the molecule is O=C(Nc1ccccc1)c1ccc(-n2c(-c3cccc4ccccc34)nc3c4ccccc4c4ccccc4c32)cc1. The van der Waals surface area contributed by atoms with Crippen molar-refractivity contribution in [2.45, 2.75) is 0 Å². The summed E-state index contributed by atoms with van der Waals surface area (Å²) in [5.74, 6) is 0.721. The van der Waals surface area contributed by atoms with Gasteiger partial charge in [0.05, 0.1) is 11.0 Å². The van der Waals surface area contributed by atoms with Gasteiger partial charge < -0.3 is 5.32 Å². The summed E-state index contributed by atoms with van der Waals surface area (Å²) in [6.07, 6.45) is 0. The highest BCUT2D eigenvalue weighted by Crippen LogP contribution is 2.40. The van der Waals surface area contributed by atoms with Crippen molar-refractivity contribution in [3.05, 3.63) is 151 Å². The van der Waals surface area contributed by atoms with E-state index in [4.69, 9.17) is 4.98 Å². The van der Waals surface area contributed by atoms with Crippen LogP contribution in [0, 0.1) is 0 Å². The predicted molar refractivity (Wildman–Crippen MR) is 173 cm³/mol. The number of amides is 1. The largest absolute Gasteiger partial charge is 0.322 e. The Morgan fingerprint density at radius 1 is 0.548 bits per heavy atom. The van der Waals surface area contributed by atoms with Crippen LogP contribution in [-0.2, 0) is 0 Å². The van der Waals surface area contributed by atoms with E-state index in [2.05, 4.69) is 101 Å². The number of hydrogen-bond donors (Lipinski definition) is 1. The van der Waals surface area contributed by atoms with E-state index in [0.29, 0.717) is 5.56 Å². The number of anilines is 1. The van der Waals surface area contributed by atoms with Crippen LogP contribution in [0.5, 0.6) is 0 Å². The molecule has 42 heavy (non-hydrogen) atoms. The normalized spacial score (nSPS) is 11.4. The molecule has 1 N–H and O–H groups in total. The fourth-order valence-corrected chi connectivity index (χ4v) is 6.04. The number of hydrogen-bond acceptors (Lipinski definition) is 2. The molecule has 8 aromatic rings. The zero-order valence-corrected chi connectivity index (χ0v) is 22.7. The molecule has 0 saturated heterocycles. The van der Waals surface area contributed by atoms with Crippen LogP contribution in [-0.4, -0.2) is 15.5 Å². The highest BCUT2D eigenvalue weighted by Gasteiger charge is 2.21. The molecule has 0 spiro atoms. The van der Waals surface area contributed by atoms with Crippen LogP contribution in [0.4, 0.5) is 5.69 Å². The van der Waals surface area contributed by atoms with Crippen LogP contribution in [0.2, 0.25) is 0 Å². The van der Waals surface area contributed by atoms with Gasteiger partial charge in [0.15, 0.2) is 0 Å². The lowest BCUT2D eigenvalue weighted by Crippen LogP contribution is -2.11. The van der Waals surface area contributed by atoms with Crippen molar-refractivity contribution in [2.75, 3.05) is 5.32 Å². The van der Waals surface area contributed by atoms with E-state index in [1.807, 2.05) is 54.6 Å². The Bertz CT molecular complexity index is 2280. The minimum atomic E-state index is -0.144. The maximum atomic E-state index is 13.1. The number of benzene rings is 7. The molecule has 0 atom stereocenters. The van der Waals surface area contributed by atoms with Gasteiger partial charge in [0, 0.05) is 33.3 Å². The monoisotopic (exact) mass is 539 g/mol. The predicted octanol–water partition coefficient (Wildman–Crippen LogP) is 9.40. The molecule has 0 aliphatic carbocycles. The van der Waals surface area contributed by atoms with Gasteiger partial charge >= 0.3 is 0 Å². The number of fused-ring (bicyclic) bond motifs is 7. The summed E-state index contributed by atoms with van der Waals surface area (Å²) in [7, 11) is 0. The second-order valence-electron chi connectivity index (χ2n) is 10.5. The van der Waals surface area contributed by atoms with E-state index >= 15 is 0 Å². The Morgan fingerprint density at radius 3 is 1.90 bits per heavy atom. The van der Waals surface area contributed by atoms with Crippen LogP contribution in [0.25, 0.3) is 60.4 Å². The van der Waals surface area contributed by atoms with Gasteiger partial charge in [0.2, 0.25) is 0 Å². The average molecular weight is 540 g/mol. The molecular formula is C38H25N3O. The Balaban J connectivity index is 1.40. The molecule has 8 rings (SSSR count). The smallest absolute Gasteiger partial charge is 0.255 e. The molecule has 0 unspecified atom stereocenters. The van der Waals surface area contributed by atoms with Crippen LogP contribution in [0.3, 0.4) is 0 Å².